The van der Waals surface area contributed by atoms with E-state index in [0.717, 1.165) is 43.5 Å². The van der Waals surface area contributed by atoms with Crippen molar-refractivity contribution in [2.45, 2.75) is 32.2 Å². The van der Waals surface area contributed by atoms with E-state index in [9.17, 15) is 0 Å². The van der Waals surface area contributed by atoms with Crippen molar-refractivity contribution in [1.29, 1.82) is 0 Å². The van der Waals surface area contributed by atoms with Gasteiger partial charge in [-0.3, -0.25) is 9.88 Å². The number of likely N-dealkylation sites (tertiary alicyclic amines) is 1. The second-order valence-electron chi connectivity index (χ2n) is 5.08. The number of nitrogens with zero attached hydrogens (tertiary/aromatic N) is 4. The molecular weight excluding hydrogens is 240 g/mol. The summed E-state index contributed by atoms with van der Waals surface area (Å²) in [6.07, 6.45) is 4.14. The minimum Gasteiger partial charge on any atom is -0.339 e. The first-order chi connectivity index (χ1) is 9.31. The van der Waals surface area contributed by atoms with Crippen molar-refractivity contribution in [3.63, 3.8) is 0 Å². The van der Waals surface area contributed by atoms with Gasteiger partial charge in [0.15, 0.2) is 5.82 Å². The van der Waals surface area contributed by atoms with Crippen LogP contribution in [0.4, 0.5) is 0 Å². The third-order valence-electron chi connectivity index (χ3n) is 3.51. The van der Waals surface area contributed by atoms with E-state index < -0.39 is 0 Å². The number of hydrogen-bond acceptors (Lipinski definition) is 5. The first-order valence-corrected chi connectivity index (χ1v) is 6.74. The molecule has 0 aromatic carbocycles. The largest absolute Gasteiger partial charge is 0.339 e. The summed E-state index contributed by atoms with van der Waals surface area (Å²) in [5.74, 6) is 1.86. The van der Waals surface area contributed by atoms with Gasteiger partial charge in [0, 0.05) is 19.3 Å². The molecule has 3 heterocycles. The fourth-order valence-electron chi connectivity index (χ4n) is 2.60. The highest BCUT2D eigenvalue weighted by atomic mass is 16.5. The highest BCUT2D eigenvalue weighted by Gasteiger charge is 2.25. The molecule has 100 valence electrons. The number of piperidine rings is 1. The van der Waals surface area contributed by atoms with Crippen molar-refractivity contribution in [2.24, 2.45) is 0 Å². The van der Waals surface area contributed by atoms with Crippen LogP contribution in [0.1, 0.15) is 36.2 Å². The Morgan fingerprint density at radius 1 is 1.42 bits per heavy atom. The lowest BCUT2D eigenvalue weighted by molar-refractivity contribution is 0.178. The summed E-state index contributed by atoms with van der Waals surface area (Å²) in [5.41, 5.74) is 1.12. The standard InChI is InChI=1S/C14H18N4O/c1-11-16-14(19-17-11)12-5-4-8-18(9-12)10-13-6-2-3-7-15-13/h2-3,6-7,12H,4-5,8-10H2,1H3/t12-/m0/s1. The van der Waals surface area contributed by atoms with Crippen molar-refractivity contribution >= 4 is 0 Å². The van der Waals surface area contributed by atoms with Gasteiger partial charge in [-0.1, -0.05) is 11.2 Å². The third kappa shape index (κ3) is 2.98. The summed E-state index contributed by atoms with van der Waals surface area (Å²) in [7, 11) is 0. The Morgan fingerprint density at radius 2 is 2.37 bits per heavy atom. The van der Waals surface area contributed by atoms with Crippen LogP contribution < -0.4 is 0 Å². The quantitative estimate of drug-likeness (QED) is 0.844. The Bertz CT molecular complexity index is 525. The Labute approximate surface area is 112 Å². The van der Waals surface area contributed by atoms with E-state index in [2.05, 4.69) is 26.1 Å². The van der Waals surface area contributed by atoms with Crippen LogP contribution in [-0.2, 0) is 6.54 Å². The molecule has 0 unspecified atom stereocenters. The second-order valence-corrected chi connectivity index (χ2v) is 5.08. The third-order valence-corrected chi connectivity index (χ3v) is 3.51. The molecule has 0 radical (unpaired) electrons. The molecule has 0 aliphatic carbocycles. The Hall–Kier alpha value is -1.75. The van der Waals surface area contributed by atoms with Crippen molar-refractivity contribution in [3.8, 4) is 0 Å². The monoisotopic (exact) mass is 258 g/mol. The number of aromatic nitrogens is 3. The normalized spacial score (nSPS) is 20.6. The number of aryl methyl sites for hydroxylation is 1. The van der Waals surface area contributed by atoms with E-state index >= 15 is 0 Å². The number of hydrogen-bond donors (Lipinski definition) is 0. The molecule has 1 saturated heterocycles. The van der Waals surface area contributed by atoms with E-state index in [1.54, 1.807) is 0 Å². The smallest absolute Gasteiger partial charge is 0.231 e. The van der Waals surface area contributed by atoms with Gasteiger partial charge in [-0.15, -0.1) is 0 Å². The predicted octanol–water partition coefficient (Wildman–Crippen LogP) is 2.15. The van der Waals surface area contributed by atoms with E-state index in [0.29, 0.717) is 5.92 Å². The minimum absolute atomic E-state index is 0.360. The highest BCUT2D eigenvalue weighted by molar-refractivity contribution is 5.04. The van der Waals surface area contributed by atoms with E-state index in [-0.39, 0.29) is 0 Å². The summed E-state index contributed by atoms with van der Waals surface area (Å²) < 4.78 is 5.30. The van der Waals surface area contributed by atoms with Crippen molar-refractivity contribution in [3.05, 3.63) is 41.8 Å². The van der Waals surface area contributed by atoms with Crippen LogP contribution in [0.25, 0.3) is 0 Å². The van der Waals surface area contributed by atoms with Gasteiger partial charge < -0.3 is 4.52 Å². The molecule has 0 amide bonds. The van der Waals surface area contributed by atoms with Gasteiger partial charge in [0.1, 0.15) is 0 Å². The number of pyridine rings is 1. The first kappa shape index (κ1) is 12.3. The molecule has 3 rings (SSSR count). The SMILES string of the molecule is Cc1noc([C@H]2CCCN(Cc3ccccn3)C2)n1. The summed E-state index contributed by atoms with van der Waals surface area (Å²) in [5, 5.41) is 3.88. The zero-order valence-electron chi connectivity index (χ0n) is 11.1. The van der Waals surface area contributed by atoms with Gasteiger partial charge in [-0.05, 0) is 38.4 Å². The maximum absolute atomic E-state index is 5.30. The Balaban J connectivity index is 1.65. The summed E-state index contributed by atoms with van der Waals surface area (Å²) in [6, 6.07) is 6.05. The van der Waals surface area contributed by atoms with Gasteiger partial charge >= 0.3 is 0 Å². The van der Waals surface area contributed by atoms with Gasteiger partial charge in [0.2, 0.25) is 5.89 Å². The molecule has 0 saturated carbocycles. The van der Waals surface area contributed by atoms with Crippen molar-refractivity contribution < 1.29 is 4.52 Å². The molecule has 1 aliphatic heterocycles. The molecule has 5 heteroatoms. The molecule has 1 aliphatic rings. The first-order valence-electron chi connectivity index (χ1n) is 6.74. The van der Waals surface area contributed by atoms with Crippen LogP contribution >= 0.6 is 0 Å². The highest BCUT2D eigenvalue weighted by Crippen LogP contribution is 2.26. The molecule has 2 aromatic heterocycles. The van der Waals surface area contributed by atoms with Gasteiger partial charge in [-0.25, -0.2) is 0 Å². The van der Waals surface area contributed by atoms with Crippen LogP contribution in [0.15, 0.2) is 28.9 Å². The molecule has 0 bridgehead atoms. The molecule has 0 N–H and O–H groups in total. The second kappa shape index (κ2) is 5.48. The fraction of sp³-hybridized carbons (Fsp3) is 0.500. The lowest BCUT2D eigenvalue weighted by atomic mass is 9.98. The summed E-state index contributed by atoms with van der Waals surface area (Å²) >= 11 is 0. The molecule has 2 aromatic rings. The molecule has 5 nitrogen and oxygen atoms in total. The molecular formula is C14H18N4O. The maximum Gasteiger partial charge on any atom is 0.231 e. The average Bonchev–Trinajstić information content (AvgIpc) is 2.87. The van der Waals surface area contributed by atoms with Crippen LogP contribution in [0.2, 0.25) is 0 Å². The van der Waals surface area contributed by atoms with Gasteiger partial charge in [0.25, 0.3) is 0 Å². The number of rotatable bonds is 3. The maximum atomic E-state index is 5.30. The summed E-state index contributed by atoms with van der Waals surface area (Å²) in [6.45, 7) is 4.84. The fourth-order valence-corrected chi connectivity index (χ4v) is 2.60. The van der Waals surface area contributed by atoms with E-state index in [1.807, 2.05) is 25.3 Å². The zero-order valence-corrected chi connectivity index (χ0v) is 11.1. The minimum atomic E-state index is 0.360. The lowest BCUT2D eigenvalue weighted by Gasteiger charge is -2.30. The van der Waals surface area contributed by atoms with Crippen molar-refractivity contribution in [2.75, 3.05) is 13.1 Å². The van der Waals surface area contributed by atoms with Gasteiger partial charge in [-0.2, -0.15) is 4.98 Å². The van der Waals surface area contributed by atoms with Crippen LogP contribution in [0.3, 0.4) is 0 Å². The van der Waals surface area contributed by atoms with E-state index in [1.165, 1.54) is 6.42 Å². The molecule has 19 heavy (non-hydrogen) atoms. The molecule has 0 spiro atoms. The average molecular weight is 258 g/mol. The van der Waals surface area contributed by atoms with Crippen LogP contribution in [-0.4, -0.2) is 33.1 Å². The van der Waals surface area contributed by atoms with Gasteiger partial charge in [0.05, 0.1) is 11.6 Å². The van der Waals surface area contributed by atoms with E-state index in [4.69, 9.17) is 4.52 Å². The molecule has 1 atom stereocenters. The topological polar surface area (TPSA) is 55.1 Å². The van der Waals surface area contributed by atoms with Crippen LogP contribution in [0.5, 0.6) is 0 Å². The predicted molar refractivity (Wildman–Crippen MR) is 70.5 cm³/mol. The lowest BCUT2D eigenvalue weighted by Crippen LogP contribution is -2.34. The Morgan fingerprint density at radius 3 is 3.11 bits per heavy atom. The Kier molecular flexibility index (Phi) is 3.55. The zero-order chi connectivity index (χ0) is 13.1. The molecule has 1 fully saturated rings. The van der Waals surface area contributed by atoms with Crippen LogP contribution in [0, 0.1) is 6.92 Å². The summed E-state index contributed by atoms with van der Waals surface area (Å²) in [4.78, 5) is 11.2. The van der Waals surface area contributed by atoms with Crippen molar-refractivity contribution in [1.82, 2.24) is 20.0 Å².